The molecule has 2 atom stereocenters. The summed E-state index contributed by atoms with van der Waals surface area (Å²) >= 11 is 0. The van der Waals surface area contributed by atoms with Crippen LogP contribution in [0, 0.1) is 0 Å². The van der Waals surface area contributed by atoms with Crippen LogP contribution in [-0.4, -0.2) is 23.4 Å². The lowest BCUT2D eigenvalue weighted by Gasteiger charge is -2.07. The first-order valence-corrected chi connectivity index (χ1v) is 4.25. The number of hydrogen-bond donors (Lipinski definition) is 3. The third-order valence-corrected chi connectivity index (χ3v) is 2.26. The summed E-state index contributed by atoms with van der Waals surface area (Å²) in [6.07, 6.45) is 0.324. The Morgan fingerprint density at radius 1 is 1.31 bits per heavy atom. The Morgan fingerprint density at radius 2 is 1.92 bits per heavy atom. The first-order valence-electron chi connectivity index (χ1n) is 4.25. The van der Waals surface area contributed by atoms with Gasteiger partial charge < -0.3 is 15.9 Å². The fourth-order valence-corrected chi connectivity index (χ4v) is 1.60. The van der Waals surface area contributed by atoms with Gasteiger partial charge in [0.25, 0.3) is 0 Å². The lowest BCUT2D eigenvalue weighted by atomic mass is 10.1. The fraction of sp³-hybridized carbons (Fsp3) is 0.400. The van der Waals surface area contributed by atoms with Gasteiger partial charge in [0.15, 0.2) is 0 Å². The van der Waals surface area contributed by atoms with Crippen LogP contribution in [0.25, 0.3) is 0 Å². The van der Waals surface area contributed by atoms with E-state index in [-0.39, 0.29) is 12.1 Å². The summed E-state index contributed by atoms with van der Waals surface area (Å²) in [4.78, 5) is 0. The zero-order valence-electron chi connectivity index (χ0n) is 7.64. The molecule has 0 radical (unpaired) electrons. The molecule has 1 aromatic rings. The number of benzene rings is 1. The van der Waals surface area contributed by atoms with Crippen molar-refractivity contribution in [2.75, 3.05) is 7.11 Å². The summed E-state index contributed by atoms with van der Waals surface area (Å²) in [7, 11) is 1.00. The number of fused-ring (bicyclic) bond motifs is 1. The van der Waals surface area contributed by atoms with E-state index in [2.05, 4.69) is 0 Å². The average Bonchev–Trinajstić information content (AvgIpc) is 2.47. The van der Waals surface area contributed by atoms with Crippen molar-refractivity contribution >= 4 is 0 Å². The Bertz CT molecular complexity index is 275. The van der Waals surface area contributed by atoms with Crippen LogP contribution in [0.4, 0.5) is 0 Å². The van der Waals surface area contributed by atoms with Crippen molar-refractivity contribution in [1.82, 2.24) is 0 Å². The van der Waals surface area contributed by atoms with Crippen LogP contribution in [0.5, 0.6) is 0 Å². The van der Waals surface area contributed by atoms with Gasteiger partial charge in [-0.25, -0.2) is 0 Å². The lowest BCUT2D eigenvalue weighted by Crippen LogP contribution is -2.21. The summed E-state index contributed by atoms with van der Waals surface area (Å²) in [5.74, 6) is 0. The highest BCUT2D eigenvalue weighted by Crippen LogP contribution is 2.28. The number of hydrogen-bond acceptors (Lipinski definition) is 3. The first-order chi connectivity index (χ1) is 6.29. The second kappa shape index (κ2) is 4.37. The zero-order chi connectivity index (χ0) is 9.84. The molecule has 72 valence electrons. The number of aliphatic hydroxyl groups is 2. The third kappa shape index (κ3) is 1.88. The minimum absolute atomic E-state index is 0.175. The Hall–Kier alpha value is -0.900. The zero-order valence-corrected chi connectivity index (χ0v) is 7.64. The number of aliphatic hydroxyl groups excluding tert-OH is 2. The molecule has 0 saturated carbocycles. The summed E-state index contributed by atoms with van der Waals surface area (Å²) < 4.78 is 0. The van der Waals surface area contributed by atoms with Gasteiger partial charge in [-0.15, -0.1) is 0 Å². The summed E-state index contributed by atoms with van der Waals surface area (Å²) in [6.45, 7) is 0. The van der Waals surface area contributed by atoms with Crippen molar-refractivity contribution in [2.45, 2.75) is 18.6 Å². The monoisotopic (exact) mass is 181 g/mol. The normalized spacial score (nSPS) is 24.6. The Morgan fingerprint density at radius 3 is 2.54 bits per heavy atom. The molecule has 3 heteroatoms. The molecule has 0 aliphatic heterocycles. The lowest BCUT2D eigenvalue weighted by molar-refractivity contribution is 0.158. The molecule has 3 nitrogen and oxygen atoms in total. The maximum Gasteiger partial charge on any atom is 0.0773 e. The van der Waals surface area contributed by atoms with Crippen LogP contribution < -0.4 is 5.73 Å². The van der Waals surface area contributed by atoms with Crippen molar-refractivity contribution in [3.8, 4) is 0 Å². The molecule has 1 aliphatic rings. The van der Waals surface area contributed by atoms with E-state index in [4.69, 9.17) is 10.8 Å². The van der Waals surface area contributed by atoms with Crippen molar-refractivity contribution in [1.29, 1.82) is 0 Å². The van der Waals surface area contributed by atoms with E-state index in [0.29, 0.717) is 6.42 Å². The smallest absolute Gasteiger partial charge is 0.0773 e. The molecule has 1 aliphatic carbocycles. The molecule has 0 fully saturated rings. The van der Waals surface area contributed by atoms with Gasteiger partial charge in [0.2, 0.25) is 0 Å². The highest BCUT2D eigenvalue weighted by molar-refractivity contribution is 5.35. The standard InChI is InChI=1S/C9H11NO.CH4O/c10-9-7-4-2-1-3-6(7)5-8(9)11;1-2/h1-4,8-9,11H,5,10H2;2H,1H3. The van der Waals surface area contributed by atoms with Gasteiger partial charge >= 0.3 is 0 Å². The molecular weight excluding hydrogens is 166 g/mol. The van der Waals surface area contributed by atoms with E-state index in [1.54, 1.807) is 0 Å². The molecule has 0 spiro atoms. The number of rotatable bonds is 0. The maximum atomic E-state index is 9.39. The second-order valence-electron chi connectivity index (χ2n) is 3.00. The Labute approximate surface area is 77.8 Å². The molecule has 1 aromatic carbocycles. The molecule has 4 N–H and O–H groups in total. The van der Waals surface area contributed by atoms with Gasteiger partial charge in [-0.05, 0) is 11.1 Å². The summed E-state index contributed by atoms with van der Waals surface area (Å²) in [5.41, 5.74) is 8.02. The van der Waals surface area contributed by atoms with E-state index in [0.717, 1.165) is 12.7 Å². The predicted octanol–water partition coefficient (Wildman–Crippen LogP) is 0.212. The Balaban J connectivity index is 0.000000396. The molecule has 0 heterocycles. The van der Waals surface area contributed by atoms with Crippen molar-refractivity contribution in [3.63, 3.8) is 0 Å². The van der Waals surface area contributed by atoms with Gasteiger partial charge in [0.1, 0.15) is 0 Å². The fourth-order valence-electron chi connectivity index (χ4n) is 1.60. The SMILES string of the molecule is CO.NC1c2ccccc2CC1O. The predicted molar refractivity (Wildman–Crippen MR) is 51.2 cm³/mol. The van der Waals surface area contributed by atoms with Gasteiger partial charge in [0, 0.05) is 13.5 Å². The molecule has 13 heavy (non-hydrogen) atoms. The second-order valence-corrected chi connectivity index (χ2v) is 3.00. The van der Waals surface area contributed by atoms with Crippen LogP contribution in [0.15, 0.2) is 24.3 Å². The molecule has 0 amide bonds. The summed E-state index contributed by atoms with van der Waals surface area (Å²) in [5, 5.41) is 16.4. The average molecular weight is 181 g/mol. The van der Waals surface area contributed by atoms with E-state index in [9.17, 15) is 5.11 Å². The topological polar surface area (TPSA) is 66.5 Å². The number of nitrogens with two attached hydrogens (primary N) is 1. The molecule has 2 unspecified atom stereocenters. The van der Waals surface area contributed by atoms with Crippen molar-refractivity contribution < 1.29 is 10.2 Å². The summed E-state index contributed by atoms with van der Waals surface area (Å²) in [6, 6.07) is 7.76. The highest BCUT2D eigenvalue weighted by atomic mass is 16.3. The largest absolute Gasteiger partial charge is 0.400 e. The maximum absolute atomic E-state index is 9.39. The Kier molecular flexibility index (Phi) is 3.42. The highest BCUT2D eigenvalue weighted by Gasteiger charge is 2.26. The van der Waals surface area contributed by atoms with E-state index in [1.165, 1.54) is 5.56 Å². The molecule has 0 aromatic heterocycles. The molecular formula is C10H15NO2. The molecule has 0 bridgehead atoms. The quantitative estimate of drug-likeness (QED) is 0.536. The van der Waals surface area contributed by atoms with Crippen molar-refractivity contribution in [3.05, 3.63) is 35.4 Å². The van der Waals surface area contributed by atoms with Crippen LogP contribution in [0.1, 0.15) is 17.2 Å². The first kappa shape index (κ1) is 10.2. The minimum Gasteiger partial charge on any atom is -0.400 e. The van der Waals surface area contributed by atoms with E-state index in [1.807, 2.05) is 24.3 Å². The van der Waals surface area contributed by atoms with Crippen LogP contribution in [0.3, 0.4) is 0 Å². The van der Waals surface area contributed by atoms with Gasteiger partial charge in [-0.3, -0.25) is 0 Å². The van der Waals surface area contributed by atoms with Crippen LogP contribution in [-0.2, 0) is 6.42 Å². The van der Waals surface area contributed by atoms with Crippen LogP contribution >= 0.6 is 0 Å². The molecule has 0 saturated heterocycles. The van der Waals surface area contributed by atoms with E-state index >= 15 is 0 Å². The third-order valence-electron chi connectivity index (χ3n) is 2.26. The minimum atomic E-state index is -0.382. The molecule has 2 rings (SSSR count). The van der Waals surface area contributed by atoms with Gasteiger partial charge in [-0.1, -0.05) is 24.3 Å². The van der Waals surface area contributed by atoms with Crippen molar-refractivity contribution in [2.24, 2.45) is 5.73 Å². The van der Waals surface area contributed by atoms with Gasteiger partial charge in [-0.2, -0.15) is 0 Å². The van der Waals surface area contributed by atoms with Crippen LogP contribution in [0.2, 0.25) is 0 Å². The van der Waals surface area contributed by atoms with Gasteiger partial charge in [0.05, 0.1) is 12.1 Å². The van der Waals surface area contributed by atoms with E-state index < -0.39 is 0 Å².